The van der Waals surface area contributed by atoms with E-state index in [1.807, 2.05) is 0 Å². The zero-order valence-corrected chi connectivity index (χ0v) is 6.40. The normalized spacial score (nSPS) is 10.2. The number of ketones is 2. The molecule has 0 N–H and O–H groups in total. The molecule has 0 saturated heterocycles. The van der Waals surface area contributed by atoms with Gasteiger partial charge >= 0.3 is 23.2 Å². The summed E-state index contributed by atoms with van der Waals surface area (Å²) < 4.78 is 33.9. The first-order valence-corrected chi connectivity index (χ1v) is 2.43. The molecule has 0 aromatic carbocycles. The molecule has 0 spiro atoms. The smallest absolute Gasteiger partial charge is 0.300 e. The van der Waals surface area contributed by atoms with E-state index in [9.17, 15) is 22.8 Å². The minimum absolute atomic E-state index is 0. The van der Waals surface area contributed by atoms with Crippen molar-refractivity contribution >= 4 is 11.6 Å². The molecule has 0 amide bonds. The number of hydrogen-bond acceptors (Lipinski definition) is 2. The van der Waals surface area contributed by atoms with Crippen LogP contribution in [0.25, 0.3) is 0 Å². The molecule has 0 heterocycles. The van der Waals surface area contributed by atoms with Crippen molar-refractivity contribution in [2.24, 2.45) is 0 Å². The van der Waals surface area contributed by atoms with Gasteiger partial charge in [-0.3, -0.25) is 9.59 Å². The molecule has 0 aromatic heterocycles. The van der Waals surface area contributed by atoms with Gasteiger partial charge in [-0.25, -0.2) is 0 Å². The number of hydrogen-bond donors (Lipinski definition) is 0. The first-order chi connectivity index (χ1) is 4.34. The van der Waals surface area contributed by atoms with Gasteiger partial charge in [0.05, 0.1) is 6.42 Å². The Morgan fingerprint density at radius 1 is 1.27 bits per heavy atom. The summed E-state index contributed by atoms with van der Waals surface area (Å²) in [6, 6.07) is 0. The van der Waals surface area contributed by atoms with E-state index in [4.69, 9.17) is 0 Å². The molecular formula is C5H5CuF3O2+2. The second-order valence-electron chi connectivity index (χ2n) is 1.80. The fraction of sp³-hybridized carbons (Fsp3) is 0.600. The van der Waals surface area contributed by atoms with E-state index in [0.29, 0.717) is 0 Å². The van der Waals surface area contributed by atoms with Crippen molar-refractivity contribution in [3.05, 3.63) is 0 Å². The number of rotatable bonds is 2. The van der Waals surface area contributed by atoms with Crippen LogP contribution in [-0.4, -0.2) is 17.7 Å². The first kappa shape index (κ1) is 13.3. The minimum atomic E-state index is -4.87. The van der Waals surface area contributed by atoms with Crippen LogP contribution in [0.3, 0.4) is 0 Å². The maximum Gasteiger partial charge on any atom is 2.00 e. The monoisotopic (exact) mass is 217 g/mol. The Kier molecular flexibility index (Phi) is 5.44. The van der Waals surface area contributed by atoms with Crippen LogP contribution in [-0.2, 0) is 26.7 Å². The maximum absolute atomic E-state index is 11.3. The molecule has 6 heteroatoms. The Morgan fingerprint density at radius 2 is 1.64 bits per heavy atom. The fourth-order valence-corrected chi connectivity index (χ4v) is 0.326. The van der Waals surface area contributed by atoms with Crippen molar-refractivity contribution in [1.29, 1.82) is 0 Å². The Balaban J connectivity index is 0. The van der Waals surface area contributed by atoms with E-state index in [1.165, 1.54) is 0 Å². The number of carbonyl (C=O) groups excluding carboxylic acids is 2. The van der Waals surface area contributed by atoms with Crippen LogP contribution in [0.4, 0.5) is 13.2 Å². The molecule has 0 atom stereocenters. The van der Waals surface area contributed by atoms with Gasteiger partial charge in [0.25, 0.3) is 0 Å². The topological polar surface area (TPSA) is 34.1 Å². The quantitative estimate of drug-likeness (QED) is 0.513. The number of halogens is 3. The van der Waals surface area contributed by atoms with Crippen molar-refractivity contribution in [3.8, 4) is 0 Å². The van der Waals surface area contributed by atoms with Crippen LogP contribution in [0.1, 0.15) is 13.3 Å². The SMILES string of the molecule is CC(=O)CC(=O)C(F)(F)F.[Cu+2]. The average Bonchev–Trinajstić information content (AvgIpc) is 1.60. The molecule has 1 radical (unpaired) electrons. The summed E-state index contributed by atoms with van der Waals surface area (Å²) in [5.41, 5.74) is 0. The van der Waals surface area contributed by atoms with Crippen molar-refractivity contribution in [1.82, 2.24) is 0 Å². The molecule has 2 nitrogen and oxygen atoms in total. The molecule has 0 aliphatic rings. The van der Waals surface area contributed by atoms with Gasteiger partial charge in [0.1, 0.15) is 5.78 Å². The van der Waals surface area contributed by atoms with Crippen LogP contribution < -0.4 is 0 Å². The van der Waals surface area contributed by atoms with Crippen molar-refractivity contribution in [3.63, 3.8) is 0 Å². The van der Waals surface area contributed by atoms with Crippen molar-refractivity contribution < 1.29 is 39.8 Å². The summed E-state index contributed by atoms with van der Waals surface area (Å²) in [7, 11) is 0. The zero-order valence-electron chi connectivity index (χ0n) is 5.46. The van der Waals surface area contributed by atoms with Gasteiger partial charge in [-0.15, -0.1) is 0 Å². The third-order valence-electron chi connectivity index (χ3n) is 0.726. The molecule has 0 bridgehead atoms. The molecule has 11 heavy (non-hydrogen) atoms. The third kappa shape index (κ3) is 6.06. The third-order valence-corrected chi connectivity index (χ3v) is 0.726. The van der Waals surface area contributed by atoms with Gasteiger partial charge in [-0.05, 0) is 6.92 Å². The maximum atomic E-state index is 11.3. The standard InChI is InChI=1S/C5H5F3O2.Cu/c1-3(9)2-4(10)5(6,7)8;/h2H2,1H3;/q;+2. The van der Waals surface area contributed by atoms with Gasteiger partial charge in [0.2, 0.25) is 5.78 Å². The summed E-state index contributed by atoms with van der Waals surface area (Å²) >= 11 is 0. The van der Waals surface area contributed by atoms with E-state index < -0.39 is 24.2 Å². The molecule has 0 aliphatic heterocycles. The molecule has 67 valence electrons. The summed E-state index contributed by atoms with van der Waals surface area (Å²) in [5, 5.41) is 0. The predicted octanol–water partition coefficient (Wildman–Crippen LogP) is 1.09. The van der Waals surface area contributed by atoms with E-state index in [0.717, 1.165) is 6.92 Å². The number of carbonyl (C=O) groups is 2. The van der Waals surface area contributed by atoms with Crippen molar-refractivity contribution in [2.75, 3.05) is 0 Å². The molecule has 0 fully saturated rings. The molecule has 0 aromatic rings. The second-order valence-corrected chi connectivity index (χ2v) is 1.80. The Hall–Kier alpha value is -0.351. The largest absolute Gasteiger partial charge is 2.00 e. The molecule has 0 unspecified atom stereocenters. The van der Waals surface area contributed by atoms with E-state index in [-0.39, 0.29) is 17.1 Å². The van der Waals surface area contributed by atoms with Crippen LogP contribution in [0.2, 0.25) is 0 Å². The summed E-state index contributed by atoms with van der Waals surface area (Å²) in [4.78, 5) is 19.9. The van der Waals surface area contributed by atoms with Gasteiger partial charge in [0.15, 0.2) is 0 Å². The minimum Gasteiger partial charge on any atom is -0.300 e. The molecule has 0 saturated carbocycles. The Bertz CT molecular complexity index is 164. The van der Waals surface area contributed by atoms with Crippen LogP contribution in [0, 0.1) is 0 Å². The summed E-state index contributed by atoms with van der Waals surface area (Å²) in [6.07, 6.45) is -5.92. The second kappa shape index (κ2) is 4.51. The average molecular weight is 218 g/mol. The Labute approximate surface area is 71.6 Å². The number of Topliss-reactive ketones (excluding diaryl/α,β-unsaturated/α-hetero) is 2. The molecular weight excluding hydrogens is 213 g/mol. The predicted molar refractivity (Wildman–Crippen MR) is 26.4 cm³/mol. The van der Waals surface area contributed by atoms with Crippen LogP contribution in [0.5, 0.6) is 0 Å². The van der Waals surface area contributed by atoms with Crippen molar-refractivity contribution in [2.45, 2.75) is 19.5 Å². The molecule has 0 aliphatic carbocycles. The van der Waals surface area contributed by atoms with E-state index in [1.54, 1.807) is 0 Å². The van der Waals surface area contributed by atoms with Crippen LogP contribution in [0.15, 0.2) is 0 Å². The van der Waals surface area contributed by atoms with E-state index >= 15 is 0 Å². The zero-order chi connectivity index (χ0) is 8.36. The van der Waals surface area contributed by atoms with Crippen LogP contribution >= 0.6 is 0 Å². The molecule has 0 rings (SSSR count). The van der Waals surface area contributed by atoms with Gasteiger partial charge in [0, 0.05) is 0 Å². The Morgan fingerprint density at radius 3 is 1.73 bits per heavy atom. The number of alkyl halides is 3. The fourth-order valence-electron chi connectivity index (χ4n) is 0.326. The van der Waals surface area contributed by atoms with Gasteiger partial charge < -0.3 is 0 Å². The van der Waals surface area contributed by atoms with Gasteiger partial charge in [-0.2, -0.15) is 13.2 Å². The van der Waals surface area contributed by atoms with E-state index in [2.05, 4.69) is 0 Å². The first-order valence-electron chi connectivity index (χ1n) is 2.43. The summed E-state index contributed by atoms with van der Waals surface area (Å²) in [5.74, 6) is -2.76. The summed E-state index contributed by atoms with van der Waals surface area (Å²) in [6.45, 7) is 0.934. The van der Waals surface area contributed by atoms with Gasteiger partial charge in [-0.1, -0.05) is 0 Å².